The van der Waals surface area contributed by atoms with Crippen molar-refractivity contribution in [3.8, 4) is 0 Å². The van der Waals surface area contributed by atoms with Gasteiger partial charge >= 0.3 is 0 Å². The van der Waals surface area contributed by atoms with Crippen LogP contribution in [0, 0.1) is 6.92 Å². The maximum Gasteiger partial charge on any atom is 0.194 e. The Labute approximate surface area is 140 Å². The number of guanidine groups is 1. The van der Waals surface area contributed by atoms with Gasteiger partial charge in [0.25, 0.3) is 0 Å². The fourth-order valence-electron chi connectivity index (χ4n) is 3.00. The van der Waals surface area contributed by atoms with Crippen LogP contribution < -0.4 is 10.2 Å². The third kappa shape index (κ3) is 4.86. The summed E-state index contributed by atoms with van der Waals surface area (Å²) in [6.07, 6.45) is 0.604. The second-order valence-electron chi connectivity index (χ2n) is 5.99. The largest absolute Gasteiger partial charge is 0.391 e. The number of aliphatic hydroxyl groups is 1. The van der Waals surface area contributed by atoms with Crippen molar-refractivity contribution < 1.29 is 5.11 Å². The Morgan fingerprint density at radius 3 is 2.78 bits per heavy atom. The molecule has 1 atom stereocenters. The van der Waals surface area contributed by atoms with Gasteiger partial charge in [0.1, 0.15) is 0 Å². The van der Waals surface area contributed by atoms with E-state index in [0.29, 0.717) is 6.54 Å². The predicted octanol–water partition coefficient (Wildman–Crippen LogP) is 1.85. The zero-order chi connectivity index (χ0) is 16.7. The number of likely N-dealkylation sites (N-methyl/N-ethyl adjacent to an activating group) is 1. The lowest BCUT2D eigenvalue weighted by atomic mass is 10.2. The zero-order valence-electron chi connectivity index (χ0n) is 14.6. The van der Waals surface area contributed by atoms with E-state index in [9.17, 15) is 5.11 Å². The van der Waals surface area contributed by atoms with Crippen molar-refractivity contribution in [1.82, 2.24) is 10.2 Å². The van der Waals surface area contributed by atoms with Crippen LogP contribution in [0.25, 0.3) is 0 Å². The Morgan fingerprint density at radius 1 is 1.39 bits per heavy atom. The average molecular weight is 318 g/mol. The molecule has 1 fully saturated rings. The standard InChI is InChI=1S/C18H30N4O/c1-4-19-18(22-12-10-16(23)14-22)20-11-13-21(5-2)17-9-7-6-8-15(17)3/h6-9,16,23H,4-5,10-14H2,1-3H3,(H,19,20)/t16-/m1/s1. The molecule has 1 heterocycles. The highest BCUT2D eigenvalue weighted by molar-refractivity contribution is 5.80. The number of para-hydroxylation sites is 1. The van der Waals surface area contributed by atoms with E-state index >= 15 is 0 Å². The van der Waals surface area contributed by atoms with Crippen LogP contribution in [-0.4, -0.2) is 61.3 Å². The number of nitrogens with one attached hydrogen (secondary N) is 1. The maximum atomic E-state index is 9.71. The summed E-state index contributed by atoms with van der Waals surface area (Å²) in [6, 6.07) is 8.48. The van der Waals surface area contributed by atoms with Crippen LogP contribution in [-0.2, 0) is 0 Å². The van der Waals surface area contributed by atoms with Crippen molar-refractivity contribution in [2.24, 2.45) is 4.99 Å². The predicted molar refractivity (Wildman–Crippen MR) is 97.2 cm³/mol. The molecule has 0 bridgehead atoms. The number of aryl methyl sites for hydroxylation is 1. The minimum atomic E-state index is -0.224. The molecule has 1 aliphatic rings. The van der Waals surface area contributed by atoms with Gasteiger partial charge in [-0.15, -0.1) is 0 Å². The number of aliphatic hydroxyl groups excluding tert-OH is 1. The first-order chi connectivity index (χ1) is 11.2. The molecule has 5 heteroatoms. The third-order valence-corrected chi connectivity index (χ3v) is 4.27. The average Bonchev–Trinajstić information content (AvgIpc) is 2.98. The summed E-state index contributed by atoms with van der Waals surface area (Å²) < 4.78 is 0. The van der Waals surface area contributed by atoms with E-state index in [0.717, 1.165) is 45.1 Å². The van der Waals surface area contributed by atoms with Crippen molar-refractivity contribution >= 4 is 11.6 Å². The van der Waals surface area contributed by atoms with Crippen molar-refractivity contribution in [2.45, 2.75) is 33.3 Å². The zero-order valence-corrected chi connectivity index (χ0v) is 14.6. The maximum absolute atomic E-state index is 9.71. The van der Waals surface area contributed by atoms with Crippen molar-refractivity contribution in [2.75, 3.05) is 44.2 Å². The molecule has 1 saturated heterocycles. The summed E-state index contributed by atoms with van der Waals surface area (Å²) in [6.45, 7) is 11.4. The van der Waals surface area contributed by atoms with Gasteiger partial charge in [-0.1, -0.05) is 18.2 Å². The summed E-state index contributed by atoms with van der Waals surface area (Å²) in [4.78, 5) is 9.26. The van der Waals surface area contributed by atoms with Crippen LogP contribution >= 0.6 is 0 Å². The summed E-state index contributed by atoms with van der Waals surface area (Å²) in [5.41, 5.74) is 2.58. The normalized spacial score (nSPS) is 18.3. The Hall–Kier alpha value is -1.75. The fraction of sp³-hybridized carbons (Fsp3) is 0.611. The Bertz CT molecular complexity index is 517. The monoisotopic (exact) mass is 318 g/mol. The van der Waals surface area contributed by atoms with Gasteiger partial charge in [0.15, 0.2) is 5.96 Å². The van der Waals surface area contributed by atoms with Crippen LogP contribution in [0.5, 0.6) is 0 Å². The third-order valence-electron chi connectivity index (χ3n) is 4.27. The first kappa shape index (κ1) is 17.6. The van der Waals surface area contributed by atoms with Crippen LogP contribution in [0.4, 0.5) is 5.69 Å². The summed E-state index contributed by atoms with van der Waals surface area (Å²) >= 11 is 0. The Kier molecular flexibility index (Phi) is 6.71. The van der Waals surface area contributed by atoms with Gasteiger partial charge in [-0.2, -0.15) is 0 Å². The number of hydrogen-bond acceptors (Lipinski definition) is 3. The molecule has 0 aromatic heterocycles. The molecule has 0 aliphatic carbocycles. The Morgan fingerprint density at radius 2 is 2.17 bits per heavy atom. The number of benzene rings is 1. The SMILES string of the molecule is CCNC(=NCCN(CC)c1ccccc1C)N1CC[C@@H](O)C1. The van der Waals surface area contributed by atoms with Gasteiger partial charge in [-0.05, 0) is 38.8 Å². The van der Waals surface area contributed by atoms with E-state index in [1.165, 1.54) is 11.3 Å². The van der Waals surface area contributed by atoms with Gasteiger partial charge in [0.2, 0.25) is 0 Å². The quantitative estimate of drug-likeness (QED) is 0.621. The molecular formula is C18H30N4O. The highest BCUT2D eigenvalue weighted by atomic mass is 16.3. The van der Waals surface area contributed by atoms with E-state index in [4.69, 9.17) is 4.99 Å². The van der Waals surface area contributed by atoms with Crippen LogP contribution in [0.15, 0.2) is 29.3 Å². The van der Waals surface area contributed by atoms with Crippen molar-refractivity contribution in [3.05, 3.63) is 29.8 Å². The second-order valence-corrected chi connectivity index (χ2v) is 5.99. The van der Waals surface area contributed by atoms with Crippen molar-refractivity contribution in [3.63, 3.8) is 0 Å². The Balaban J connectivity index is 1.97. The van der Waals surface area contributed by atoms with E-state index in [-0.39, 0.29) is 6.10 Å². The topological polar surface area (TPSA) is 51.1 Å². The first-order valence-corrected chi connectivity index (χ1v) is 8.67. The molecule has 1 aliphatic heterocycles. The first-order valence-electron chi connectivity index (χ1n) is 8.67. The number of likely N-dealkylation sites (tertiary alicyclic amines) is 1. The molecule has 2 N–H and O–H groups in total. The minimum Gasteiger partial charge on any atom is -0.391 e. The molecule has 0 radical (unpaired) electrons. The molecular weight excluding hydrogens is 288 g/mol. The number of aliphatic imine (C=N–C) groups is 1. The van der Waals surface area contributed by atoms with E-state index in [1.807, 2.05) is 0 Å². The molecule has 2 rings (SSSR count). The van der Waals surface area contributed by atoms with Gasteiger partial charge in [-0.3, -0.25) is 4.99 Å². The van der Waals surface area contributed by atoms with E-state index in [1.54, 1.807) is 0 Å². The molecule has 5 nitrogen and oxygen atoms in total. The van der Waals surface area contributed by atoms with Crippen molar-refractivity contribution in [1.29, 1.82) is 0 Å². The molecule has 0 amide bonds. The van der Waals surface area contributed by atoms with Gasteiger partial charge < -0.3 is 20.2 Å². The molecule has 0 unspecified atom stereocenters. The van der Waals surface area contributed by atoms with Gasteiger partial charge in [0, 0.05) is 38.4 Å². The highest BCUT2D eigenvalue weighted by Crippen LogP contribution is 2.18. The lowest BCUT2D eigenvalue weighted by Crippen LogP contribution is -2.41. The van der Waals surface area contributed by atoms with Gasteiger partial charge in [0.05, 0.1) is 12.6 Å². The number of rotatable bonds is 6. The fourth-order valence-corrected chi connectivity index (χ4v) is 3.00. The summed E-state index contributed by atoms with van der Waals surface area (Å²) in [5.74, 6) is 0.921. The summed E-state index contributed by atoms with van der Waals surface area (Å²) in [7, 11) is 0. The lowest BCUT2D eigenvalue weighted by Gasteiger charge is -2.25. The van der Waals surface area contributed by atoms with Gasteiger partial charge in [-0.25, -0.2) is 0 Å². The smallest absolute Gasteiger partial charge is 0.194 e. The second kappa shape index (κ2) is 8.77. The summed E-state index contributed by atoms with van der Waals surface area (Å²) in [5, 5.41) is 13.0. The van der Waals surface area contributed by atoms with Crippen LogP contribution in [0.1, 0.15) is 25.8 Å². The molecule has 1 aromatic rings. The van der Waals surface area contributed by atoms with Crippen LogP contribution in [0.2, 0.25) is 0 Å². The molecule has 1 aromatic carbocycles. The van der Waals surface area contributed by atoms with Crippen LogP contribution in [0.3, 0.4) is 0 Å². The molecule has 0 spiro atoms. The molecule has 0 saturated carbocycles. The highest BCUT2D eigenvalue weighted by Gasteiger charge is 2.22. The molecule has 23 heavy (non-hydrogen) atoms. The molecule has 128 valence electrons. The number of hydrogen-bond donors (Lipinski definition) is 2. The number of β-amino-alcohol motifs (C(OH)–C–C–N with tert-alkyl or cyclic N) is 1. The van der Waals surface area contributed by atoms with E-state index in [2.05, 4.69) is 60.2 Å². The number of nitrogens with zero attached hydrogens (tertiary/aromatic N) is 3. The lowest BCUT2D eigenvalue weighted by molar-refractivity contribution is 0.188. The van der Waals surface area contributed by atoms with E-state index < -0.39 is 0 Å². The minimum absolute atomic E-state index is 0.224. The number of anilines is 1.